The van der Waals surface area contributed by atoms with Crippen molar-refractivity contribution in [1.29, 1.82) is 0 Å². The summed E-state index contributed by atoms with van der Waals surface area (Å²) in [7, 11) is 0. The summed E-state index contributed by atoms with van der Waals surface area (Å²) in [6, 6.07) is 0.262. The van der Waals surface area contributed by atoms with Crippen molar-refractivity contribution < 1.29 is 14.3 Å². The summed E-state index contributed by atoms with van der Waals surface area (Å²) in [6.45, 7) is 5.34. The van der Waals surface area contributed by atoms with E-state index < -0.39 is 5.97 Å². The molecule has 7 heteroatoms. The molecule has 1 saturated carbocycles. The van der Waals surface area contributed by atoms with Gasteiger partial charge in [0.1, 0.15) is 13.2 Å². The van der Waals surface area contributed by atoms with Gasteiger partial charge in [0.15, 0.2) is 5.69 Å². The summed E-state index contributed by atoms with van der Waals surface area (Å²) < 4.78 is 6.32. The van der Waals surface area contributed by atoms with Gasteiger partial charge in [0.2, 0.25) is 5.91 Å². The molecule has 1 fully saturated rings. The first-order chi connectivity index (χ1) is 10.1. The van der Waals surface area contributed by atoms with Gasteiger partial charge in [-0.05, 0) is 19.8 Å². The van der Waals surface area contributed by atoms with Gasteiger partial charge in [0.25, 0.3) is 0 Å². The topological polar surface area (TPSA) is 86.1 Å². The zero-order valence-corrected chi connectivity index (χ0v) is 12.2. The van der Waals surface area contributed by atoms with Crippen LogP contribution in [0.15, 0.2) is 12.7 Å². The number of esters is 1. The van der Waals surface area contributed by atoms with E-state index >= 15 is 0 Å². The van der Waals surface area contributed by atoms with E-state index in [2.05, 4.69) is 22.2 Å². The number of rotatable bonds is 6. The van der Waals surface area contributed by atoms with Crippen LogP contribution < -0.4 is 5.32 Å². The minimum Gasteiger partial charge on any atom is -0.457 e. The van der Waals surface area contributed by atoms with Crippen LogP contribution in [0.1, 0.15) is 41.9 Å². The first-order valence-corrected chi connectivity index (χ1v) is 7.09. The molecule has 0 aromatic carbocycles. The van der Waals surface area contributed by atoms with Crippen molar-refractivity contribution in [2.24, 2.45) is 0 Å². The molecule has 1 aromatic heterocycles. The molecule has 0 bridgehead atoms. The standard InChI is InChI=1S/C14H20N4O3/c1-3-8-21-14(20)13-10(2)18(17-16-13)9-12(19)15-11-6-4-5-7-11/h3,11H,1,4-9H2,2H3,(H,15,19). The second-order valence-corrected chi connectivity index (χ2v) is 5.12. The second-order valence-electron chi connectivity index (χ2n) is 5.12. The van der Waals surface area contributed by atoms with Crippen LogP contribution in [0.3, 0.4) is 0 Å². The first kappa shape index (κ1) is 15.2. The lowest BCUT2D eigenvalue weighted by molar-refractivity contribution is -0.122. The molecule has 0 radical (unpaired) electrons. The van der Waals surface area contributed by atoms with Crippen LogP contribution in [0.5, 0.6) is 0 Å². The Morgan fingerprint density at radius 2 is 2.19 bits per heavy atom. The molecule has 1 aliphatic rings. The fourth-order valence-corrected chi connectivity index (χ4v) is 2.38. The maximum absolute atomic E-state index is 11.9. The van der Waals surface area contributed by atoms with Gasteiger partial charge in [0, 0.05) is 6.04 Å². The summed E-state index contributed by atoms with van der Waals surface area (Å²) >= 11 is 0. The molecule has 0 atom stereocenters. The maximum atomic E-state index is 11.9. The van der Waals surface area contributed by atoms with Gasteiger partial charge >= 0.3 is 5.97 Å². The highest BCUT2D eigenvalue weighted by atomic mass is 16.5. The zero-order chi connectivity index (χ0) is 15.2. The number of hydrogen-bond acceptors (Lipinski definition) is 5. The van der Waals surface area contributed by atoms with E-state index in [0.29, 0.717) is 5.69 Å². The van der Waals surface area contributed by atoms with Gasteiger partial charge in [-0.25, -0.2) is 9.48 Å². The monoisotopic (exact) mass is 292 g/mol. The molecule has 0 saturated heterocycles. The number of hydrogen-bond donors (Lipinski definition) is 1. The quantitative estimate of drug-likeness (QED) is 0.624. The molecule has 0 spiro atoms. The molecular weight excluding hydrogens is 272 g/mol. The molecular formula is C14H20N4O3. The average Bonchev–Trinajstić information content (AvgIpc) is 3.07. The van der Waals surface area contributed by atoms with Crippen molar-refractivity contribution in [3.8, 4) is 0 Å². The number of nitrogens with zero attached hydrogens (tertiary/aromatic N) is 3. The Morgan fingerprint density at radius 1 is 1.48 bits per heavy atom. The first-order valence-electron chi connectivity index (χ1n) is 7.09. The predicted molar refractivity (Wildman–Crippen MR) is 75.6 cm³/mol. The highest BCUT2D eigenvalue weighted by Crippen LogP contribution is 2.17. The van der Waals surface area contributed by atoms with Crippen LogP contribution in [-0.2, 0) is 16.1 Å². The van der Waals surface area contributed by atoms with Gasteiger partial charge in [-0.2, -0.15) is 0 Å². The third kappa shape index (κ3) is 3.90. The molecule has 114 valence electrons. The zero-order valence-electron chi connectivity index (χ0n) is 12.2. The minimum absolute atomic E-state index is 0.0596. The number of aromatic nitrogens is 3. The van der Waals surface area contributed by atoms with Crippen LogP contribution in [0, 0.1) is 6.92 Å². The van der Waals surface area contributed by atoms with Gasteiger partial charge < -0.3 is 10.1 Å². The van der Waals surface area contributed by atoms with Gasteiger partial charge in [-0.15, -0.1) is 5.10 Å². The van der Waals surface area contributed by atoms with E-state index in [9.17, 15) is 9.59 Å². The normalized spacial score (nSPS) is 14.9. The third-order valence-electron chi connectivity index (χ3n) is 3.52. The Balaban J connectivity index is 1.94. The maximum Gasteiger partial charge on any atom is 0.361 e. The van der Waals surface area contributed by atoms with E-state index in [4.69, 9.17) is 4.74 Å². The smallest absolute Gasteiger partial charge is 0.361 e. The number of ether oxygens (including phenoxy) is 1. The Morgan fingerprint density at radius 3 is 2.86 bits per heavy atom. The molecule has 21 heavy (non-hydrogen) atoms. The fraction of sp³-hybridized carbons (Fsp3) is 0.571. The molecule has 1 aromatic rings. The summed E-state index contributed by atoms with van der Waals surface area (Å²) in [5.74, 6) is -0.671. The lowest BCUT2D eigenvalue weighted by atomic mass is 10.2. The molecule has 1 heterocycles. The average molecular weight is 292 g/mol. The van der Waals surface area contributed by atoms with E-state index in [-0.39, 0.29) is 30.8 Å². The second kappa shape index (κ2) is 7.01. The van der Waals surface area contributed by atoms with Gasteiger partial charge in [-0.1, -0.05) is 30.7 Å². The number of carbonyl (C=O) groups is 2. The predicted octanol–water partition coefficient (Wildman–Crippen LogP) is 0.988. The SMILES string of the molecule is C=CCOC(=O)c1nnn(CC(=O)NC2CCCC2)c1C. The van der Waals surface area contributed by atoms with Crippen LogP contribution in [0.25, 0.3) is 0 Å². The molecule has 1 amide bonds. The summed E-state index contributed by atoms with van der Waals surface area (Å²) in [6.07, 6.45) is 5.86. The van der Waals surface area contributed by atoms with Crippen molar-refractivity contribution >= 4 is 11.9 Å². The van der Waals surface area contributed by atoms with E-state index in [1.165, 1.54) is 10.8 Å². The Labute approximate surface area is 123 Å². The van der Waals surface area contributed by atoms with Crippen LogP contribution in [-0.4, -0.2) is 39.5 Å². The molecule has 1 N–H and O–H groups in total. The molecule has 0 unspecified atom stereocenters. The summed E-state index contributed by atoms with van der Waals surface area (Å²) in [5.41, 5.74) is 0.649. The van der Waals surface area contributed by atoms with Crippen LogP contribution in [0.4, 0.5) is 0 Å². The Kier molecular flexibility index (Phi) is 5.08. The fourth-order valence-electron chi connectivity index (χ4n) is 2.38. The highest BCUT2D eigenvalue weighted by Gasteiger charge is 2.21. The van der Waals surface area contributed by atoms with E-state index in [1.807, 2.05) is 0 Å². The van der Waals surface area contributed by atoms with Crippen LogP contribution in [0.2, 0.25) is 0 Å². The third-order valence-corrected chi connectivity index (χ3v) is 3.52. The van der Waals surface area contributed by atoms with E-state index in [1.54, 1.807) is 6.92 Å². The molecule has 1 aliphatic carbocycles. The van der Waals surface area contributed by atoms with Crippen molar-refractivity contribution in [3.63, 3.8) is 0 Å². The number of amides is 1. The lowest BCUT2D eigenvalue weighted by Crippen LogP contribution is -2.35. The number of carbonyl (C=O) groups excluding carboxylic acids is 2. The lowest BCUT2D eigenvalue weighted by Gasteiger charge is -2.12. The molecule has 0 aliphatic heterocycles. The Bertz CT molecular complexity index is 532. The van der Waals surface area contributed by atoms with Crippen molar-refractivity contribution in [2.75, 3.05) is 6.61 Å². The Hall–Kier alpha value is -2.18. The van der Waals surface area contributed by atoms with Crippen molar-refractivity contribution in [3.05, 3.63) is 24.0 Å². The summed E-state index contributed by atoms with van der Waals surface area (Å²) in [4.78, 5) is 23.7. The minimum atomic E-state index is -0.560. The summed E-state index contributed by atoms with van der Waals surface area (Å²) in [5, 5.41) is 10.6. The van der Waals surface area contributed by atoms with Gasteiger partial charge in [0.05, 0.1) is 5.69 Å². The largest absolute Gasteiger partial charge is 0.457 e. The van der Waals surface area contributed by atoms with Gasteiger partial charge in [-0.3, -0.25) is 4.79 Å². The molecule has 7 nitrogen and oxygen atoms in total. The van der Waals surface area contributed by atoms with E-state index in [0.717, 1.165) is 25.7 Å². The van der Waals surface area contributed by atoms with Crippen LogP contribution >= 0.6 is 0 Å². The van der Waals surface area contributed by atoms with Crippen molar-refractivity contribution in [1.82, 2.24) is 20.3 Å². The molecule has 2 rings (SSSR count). The number of nitrogens with one attached hydrogen (secondary N) is 1. The highest BCUT2D eigenvalue weighted by molar-refractivity contribution is 5.88. The van der Waals surface area contributed by atoms with Crippen molar-refractivity contribution in [2.45, 2.75) is 45.2 Å².